The first-order chi connectivity index (χ1) is 7.88. The summed E-state index contributed by atoms with van der Waals surface area (Å²) in [7, 11) is -2.96. The number of nitrogens with one attached hydrogen (secondary N) is 1. The van der Waals surface area contributed by atoms with Gasteiger partial charge in [-0.3, -0.25) is 18.9 Å². The van der Waals surface area contributed by atoms with Crippen molar-refractivity contribution in [1.29, 1.82) is 0 Å². The lowest BCUT2D eigenvalue weighted by molar-refractivity contribution is 0.485. The molecule has 1 aromatic rings. The van der Waals surface area contributed by atoms with Gasteiger partial charge in [0.15, 0.2) is 7.37 Å². The van der Waals surface area contributed by atoms with Crippen LogP contribution in [0.15, 0.2) is 34.0 Å². The van der Waals surface area contributed by atoms with E-state index in [9.17, 15) is 14.2 Å². The Bertz CT molecular complexity index is 552. The second-order valence-corrected chi connectivity index (χ2v) is 6.35. The lowest BCUT2D eigenvalue weighted by Crippen LogP contribution is -2.28. The molecule has 0 fully saturated rings. The maximum absolute atomic E-state index is 11.3. The molecular formula is C10H15N2O4P. The second-order valence-electron chi connectivity index (χ2n) is 3.80. The van der Waals surface area contributed by atoms with Crippen LogP contribution in [-0.4, -0.2) is 27.3 Å². The van der Waals surface area contributed by atoms with Crippen LogP contribution in [0.1, 0.15) is 6.42 Å². The molecule has 17 heavy (non-hydrogen) atoms. The highest BCUT2D eigenvalue weighted by Crippen LogP contribution is 2.35. The first kappa shape index (κ1) is 13.7. The van der Waals surface area contributed by atoms with E-state index in [2.05, 4.69) is 4.98 Å². The fraction of sp³-hybridized carbons (Fsp3) is 0.400. The number of aromatic nitrogens is 2. The largest absolute Gasteiger partial charge is 0.344 e. The molecule has 1 unspecified atom stereocenters. The number of H-pyrrole nitrogens is 1. The van der Waals surface area contributed by atoms with Gasteiger partial charge < -0.3 is 4.89 Å². The molecule has 6 nitrogen and oxygen atoms in total. The maximum atomic E-state index is 11.3. The number of hydrogen-bond donors (Lipinski definition) is 2. The van der Waals surface area contributed by atoms with Crippen molar-refractivity contribution in [3.63, 3.8) is 0 Å². The first-order valence-electron chi connectivity index (χ1n) is 5.12. The summed E-state index contributed by atoms with van der Waals surface area (Å²) in [6.45, 7) is 1.64. The molecule has 0 bridgehead atoms. The molecule has 0 amide bonds. The summed E-state index contributed by atoms with van der Waals surface area (Å²) < 4.78 is 12.3. The van der Waals surface area contributed by atoms with E-state index >= 15 is 0 Å². The third kappa shape index (κ3) is 5.47. The van der Waals surface area contributed by atoms with Crippen LogP contribution in [-0.2, 0) is 11.1 Å². The summed E-state index contributed by atoms with van der Waals surface area (Å²) in [5.74, 6) is 0. The van der Waals surface area contributed by atoms with Crippen molar-refractivity contribution in [2.24, 2.45) is 0 Å². The molecule has 0 saturated heterocycles. The molecule has 1 aromatic heterocycles. The summed E-state index contributed by atoms with van der Waals surface area (Å²) in [6, 6.07) is 1.27. The minimum Gasteiger partial charge on any atom is -0.344 e. The topological polar surface area (TPSA) is 92.2 Å². The van der Waals surface area contributed by atoms with Gasteiger partial charge in [0.1, 0.15) is 0 Å². The fourth-order valence-electron chi connectivity index (χ4n) is 1.21. The Morgan fingerprint density at radius 2 is 2.18 bits per heavy atom. The predicted molar refractivity (Wildman–Crippen MR) is 65.7 cm³/mol. The quantitative estimate of drug-likeness (QED) is 0.590. The molecule has 0 aromatic carbocycles. The minimum absolute atomic E-state index is 0.226. The van der Waals surface area contributed by atoms with Crippen molar-refractivity contribution in [3.05, 3.63) is 45.3 Å². The van der Waals surface area contributed by atoms with E-state index in [0.29, 0.717) is 13.0 Å². The molecule has 94 valence electrons. The van der Waals surface area contributed by atoms with Crippen LogP contribution in [0.25, 0.3) is 0 Å². The molecule has 1 heterocycles. The van der Waals surface area contributed by atoms with E-state index in [1.54, 1.807) is 12.2 Å². The zero-order valence-corrected chi connectivity index (χ0v) is 10.4. The normalized spacial score (nSPS) is 14.9. The molecule has 0 radical (unpaired) electrons. The molecule has 0 saturated carbocycles. The number of hydrogen-bond acceptors (Lipinski definition) is 3. The zero-order chi connectivity index (χ0) is 12.9. The van der Waals surface area contributed by atoms with Crippen molar-refractivity contribution < 1.29 is 9.46 Å². The Labute approximate surface area is 98.1 Å². The number of allylic oxidation sites excluding steroid dienone is 2. The molecule has 7 heteroatoms. The van der Waals surface area contributed by atoms with Gasteiger partial charge in [0.25, 0.3) is 5.56 Å². The van der Waals surface area contributed by atoms with Gasteiger partial charge in [0, 0.05) is 31.6 Å². The van der Waals surface area contributed by atoms with Gasteiger partial charge in [-0.05, 0) is 6.42 Å². The monoisotopic (exact) mass is 258 g/mol. The van der Waals surface area contributed by atoms with E-state index in [-0.39, 0.29) is 6.16 Å². The van der Waals surface area contributed by atoms with Gasteiger partial charge in [-0.1, -0.05) is 12.2 Å². The second kappa shape index (κ2) is 5.80. The third-order valence-corrected chi connectivity index (χ3v) is 3.16. The van der Waals surface area contributed by atoms with E-state index in [4.69, 9.17) is 4.89 Å². The molecule has 1 atom stereocenters. The van der Waals surface area contributed by atoms with Crippen LogP contribution >= 0.6 is 7.37 Å². The molecule has 0 aliphatic rings. The lowest BCUT2D eigenvalue weighted by atomic mass is 10.4. The molecule has 0 spiro atoms. The Morgan fingerprint density at radius 1 is 1.47 bits per heavy atom. The standard InChI is InChI=1S/C10H15N2O4P/c1-17(15,16)8-4-2-3-6-12-7-5-9(13)11-10(12)14/h2-3,5,7H,4,6,8H2,1H3,(H,15,16)(H,11,13,14)/b3-2-. The summed E-state index contributed by atoms with van der Waals surface area (Å²) in [5, 5.41) is 0. The van der Waals surface area contributed by atoms with Crippen molar-refractivity contribution in [3.8, 4) is 0 Å². The minimum atomic E-state index is -2.96. The SMILES string of the molecule is CP(=O)(O)CC/C=C\Cn1ccc(=O)[nH]c1=O. The van der Waals surface area contributed by atoms with E-state index < -0.39 is 18.6 Å². The van der Waals surface area contributed by atoms with Gasteiger partial charge >= 0.3 is 5.69 Å². The number of aromatic amines is 1. The van der Waals surface area contributed by atoms with Gasteiger partial charge in [0.2, 0.25) is 0 Å². The Balaban J connectivity index is 2.51. The first-order valence-corrected chi connectivity index (χ1v) is 7.42. The van der Waals surface area contributed by atoms with Crippen LogP contribution in [0, 0.1) is 0 Å². The molecule has 0 aliphatic carbocycles. The van der Waals surface area contributed by atoms with Crippen LogP contribution in [0.3, 0.4) is 0 Å². The van der Waals surface area contributed by atoms with E-state index in [1.165, 1.54) is 23.5 Å². The van der Waals surface area contributed by atoms with Crippen LogP contribution < -0.4 is 11.2 Å². The Morgan fingerprint density at radius 3 is 2.76 bits per heavy atom. The zero-order valence-electron chi connectivity index (χ0n) is 9.50. The highest BCUT2D eigenvalue weighted by atomic mass is 31.2. The highest BCUT2D eigenvalue weighted by molar-refractivity contribution is 7.57. The fourth-order valence-corrected chi connectivity index (χ4v) is 1.84. The molecule has 1 rings (SSSR count). The van der Waals surface area contributed by atoms with Crippen LogP contribution in [0.5, 0.6) is 0 Å². The molecule has 0 aliphatic heterocycles. The van der Waals surface area contributed by atoms with Crippen LogP contribution in [0.2, 0.25) is 0 Å². The van der Waals surface area contributed by atoms with Gasteiger partial charge in [0.05, 0.1) is 0 Å². The molecular weight excluding hydrogens is 243 g/mol. The Kier molecular flexibility index (Phi) is 4.66. The van der Waals surface area contributed by atoms with E-state index in [0.717, 1.165) is 0 Å². The summed E-state index contributed by atoms with van der Waals surface area (Å²) in [5.41, 5.74) is -0.895. The highest BCUT2D eigenvalue weighted by Gasteiger charge is 2.06. The van der Waals surface area contributed by atoms with Crippen molar-refractivity contribution in [2.45, 2.75) is 13.0 Å². The molecule has 2 N–H and O–H groups in total. The summed E-state index contributed by atoms with van der Waals surface area (Å²) in [6.07, 6.45) is 5.58. The lowest BCUT2D eigenvalue weighted by Gasteiger charge is -2.01. The van der Waals surface area contributed by atoms with Crippen molar-refractivity contribution >= 4 is 7.37 Å². The smallest absolute Gasteiger partial charge is 0.328 e. The van der Waals surface area contributed by atoms with Crippen molar-refractivity contribution in [2.75, 3.05) is 12.8 Å². The maximum Gasteiger partial charge on any atom is 0.328 e. The average Bonchev–Trinajstić information content (AvgIpc) is 2.18. The number of rotatable bonds is 5. The van der Waals surface area contributed by atoms with Crippen molar-refractivity contribution in [1.82, 2.24) is 9.55 Å². The van der Waals surface area contributed by atoms with Gasteiger partial charge in [-0.15, -0.1) is 0 Å². The summed E-state index contributed by atoms with van der Waals surface area (Å²) >= 11 is 0. The van der Waals surface area contributed by atoms with Gasteiger partial charge in [-0.2, -0.15) is 0 Å². The van der Waals surface area contributed by atoms with Crippen LogP contribution in [0.4, 0.5) is 0 Å². The number of nitrogens with zero attached hydrogens (tertiary/aromatic N) is 1. The van der Waals surface area contributed by atoms with Gasteiger partial charge in [-0.25, -0.2) is 4.79 Å². The summed E-state index contributed by atoms with van der Waals surface area (Å²) in [4.78, 5) is 33.2. The predicted octanol–water partition coefficient (Wildman–Crippen LogP) is 0.383. The average molecular weight is 258 g/mol. The Hall–Kier alpha value is -1.39. The third-order valence-electron chi connectivity index (χ3n) is 2.08. The van der Waals surface area contributed by atoms with E-state index in [1.807, 2.05) is 0 Å².